The second-order valence-corrected chi connectivity index (χ2v) is 8.72. The number of ether oxygens (including phenoxy) is 3. The molecule has 0 saturated carbocycles. The Bertz CT molecular complexity index is 887. The van der Waals surface area contributed by atoms with Crippen LogP contribution in [-0.4, -0.2) is 54.8 Å². The second kappa shape index (κ2) is 10.9. The minimum Gasteiger partial charge on any atom is -0.490 e. The Labute approximate surface area is 189 Å². The van der Waals surface area contributed by atoms with Gasteiger partial charge in [0, 0.05) is 19.1 Å². The Morgan fingerprint density at radius 3 is 2.25 bits per heavy atom. The molecule has 32 heavy (non-hydrogen) atoms. The molecule has 1 saturated heterocycles. The summed E-state index contributed by atoms with van der Waals surface area (Å²) >= 11 is 0. The van der Waals surface area contributed by atoms with Crippen LogP contribution in [0.4, 0.5) is 4.79 Å². The minimum absolute atomic E-state index is 0.00402. The number of carbonyl (C=O) groups excluding carboxylic acids is 2. The Morgan fingerprint density at radius 1 is 0.938 bits per heavy atom. The van der Waals surface area contributed by atoms with Crippen LogP contribution < -0.4 is 14.8 Å². The molecule has 0 atom stereocenters. The van der Waals surface area contributed by atoms with E-state index < -0.39 is 5.60 Å². The van der Waals surface area contributed by atoms with Gasteiger partial charge in [0.05, 0.1) is 5.56 Å². The van der Waals surface area contributed by atoms with E-state index in [-0.39, 0.29) is 18.0 Å². The van der Waals surface area contributed by atoms with Crippen molar-refractivity contribution >= 4 is 12.0 Å². The molecule has 7 nitrogen and oxygen atoms in total. The molecule has 0 bridgehead atoms. The maximum atomic E-state index is 12.9. The first-order valence-electron chi connectivity index (χ1n) is 11.0. The molecule has 1 aliphatic rings. The number of carbonyl (C=O) groups is 2. The van der Waals surface area contributed by atoms with Gasteiger partial charge in [-0.25, -0.2) is 4.79 Å². The van der Waals surface area contributed by atoms with E-state index in [1.807, 2.05) is 63.2 Å². The summed E-state index contributed by atoms with van der Waals surface area (Å²) in [5.74, 6) is 1.12. The highest BCUT2D eigenvalue weighted by Gasteiger charge is 2.28. The van der Waals surface area contributed by atoms with Gasteiger partial charge in [-0.1, -0.05) is 30.3 Å². The van der Waals surface area contributed by atoms with Crippen molar-refractivity contribution in [2.75, 3.05) is 26.3 Å². The number of nitrogens with one attached hydrogen (secondary N) is 1. The molecule has 0 aliphatic carbocycles. The molecule has 1 fully saturated rings. The molecule has 0 unspecified atom stereocenters. The Hall–Kier alpha value is -3.22. The molecule has 1 aliphatic heterocycles. The average molecular weight is 441 g/mol. The van der Waals surface area contributed by atoms with Crippen molar-refractivity contribution in [3.63, 3.8) is 0 Å². The molecule has 2 aromatic rings. The molecule has 0 aromatic heterocycles. The smallest absolute Gasteiger partial charge is 0.410 e. The summed E-state index contributed by atoms with van der Waals surface area (Å²) in [5.41, 5.74) is -0.0281. The number of rotatable bonds is 7. The van der Waals surface area contributed by atoms with Gasteiger partial charge in [-0.3, -0.25) is 4.79 Å². The van der Waals surface area contributed by atoms with Crippen LogP contribution in [0.1, 0.15) is 44.0 Å². The summed E-state index contributed by atoms with van der Waals surface area (Å²) < 4.78 is 16.9. The molecule has 2 amide bonds. The highest BCUT2D eigenvalue weighted by molar-refractivity contribution is 5.97. The Kier molecular flexibility index (Phi) is 7.98. The molecule has 2 aromatic carbocycles. The third-order valence-electron chi connectivity index (χ3n) is 4.97. The highest BCUT2D eigenvalue weighted by atomic mass is 16.6. The molecule has 0 spiro atoms. The molecule has 1 heterocycles. The fourth-order valence-corrected chi connectivity index (χ4v) is 3.40. The van der Waals surface area contributed by atoms with Crippen LogP contribution in [0.25, 0.3) is 0 Å². The number of likely N-dealkylation sites (tertiary alicyclic amines) is 1. The number of hydrogen-bond donors (Lipinski definition) is 1. The first-order chi connectivity index (χ1) is 15.3. The van der Waals surface area contributed by atoms with Gasteiger partial charge >= 0.3 is 6.09 Å². The molecule has 3 rings (SSSR count). The maximum Gasteiger partial charge on any atom is 0.410 e. The average Bonchev–Trinajstić information content (AvgIpc) is 2.77. The van der Waals surface area contributed by atoms with Gasteiger partial charge in [-0.15, -0.1) is 0 Å². The van der Waals surface area contributed by atoms with Crippen molar-refractivity contribution < 1.29 is 23.8 Å². The van der Waals surface area contributed by atoms with Gasteiger partial charge < -0.3 is 24.4 Å². The van der Waals surface area contributed by atoms with Crippen LogP contribution >= 0.6 is 0 Å². The highest BCUT2D eigenvalue weighted by Crippen LogP contribution is 2.20. The number of hydrogen-bond acceptors (Lipinski definition) is 5. The van der Waals surface area contributed by atoms with E-state index in [2.05, 4.69) is 5.32 Å². The first-order valence-corrected chi connectivity index (χ1v) is 11.0. The first kappa shape index (κ1) is 23.4. The summed E-state index contributed by atoms with van der Waals surface area (Å²) in [6, 6.07) is 16.7. The van der Waals surface area contributed by atoms with Gasteiger partial charge in [0.1, 0.15) is 30.3 Å². The van der Waals surface area contributed by atoms with Gasteiger partial charge in [0.25, 0.3) is 5.91 Å². The molecule has 0 radical (unpaired) electrons. The van der Waals surface area contributed by atoms with E-state index in [9.17, 15) is 9.59 Å². The quantitative estimate of drug-likeness (QED) is 0.651. The largest absolute Gasteiger partial charge is 0.490 e. The maximum absolute atomic E-state index is 12.9. The lowest BCUT2D eigenvalue weighted by molar-refractivity contribution is 0.0199. The van der Waals surface area contributed by atoms with E-state index in [0.717, 1.165) is 5.75 Å². The van der Waals surface area contributed by atoms with E-state index >= 15 is 0 Å². The van der Waals surface area contributed by atoms with E-state index in [1.54, 1.807) is 17.0 Å². The fourth-order valence-electron chi connectivity index (χ4n) is 3.40. The molecular formula is C25H32N2O5. The number of para-hydroxylation sites is 2. The zero-order valence-electron chi connectivity index (χ0n) is 19.0. The van der Waals surface area contributed by atoms with Crippen molar-refractivity contribution in [3.05, 3.63) is 60.2 Å². The topological polar surface area (TPSA) is 77.1 Å². The lowest BCUT2D eigenvalue weighted by Crippen LogP contribution is -2.47. The molecule has 7 heteroatoms. The molecule has 172 valence electrons. The van der Waals surface area contributed by atoms with Crippen molar-refractivity contribution in [3.8, 4) is 11.5 Å². The third-order valence-corrected chi connectivity index (χ3v) is 4.97. The predicted molar refractivity (Wildman–Crippen MR) is 122 cm³/mol. The number of benzene rings is 2. The summed E-state index contributed by atoms with van der Waals surface area (Å²) in [5, 5.41) is 3.07. The van der Waals surface area contributed by atoms with Crippen molar-refractivity contribution in [1.82, 2.24) is 10.2 Å². The van der Waals surface area contributed by atoms with E-state index in [4.69, 9.17) is 14.2 Å². The van der Waals surface area contributed by atoms with E-state index in [0.29, 0.717) is 50.5 Å². The summed E-state index contributed by atoms with van der Waals surface area (Å²) in [4.78, 5) is 26.8. The summed E-state index contributed by atoms with van der Waals surface area (Å²) in [6.07, 6.45) is 1.05. The Morgan fingerprint density at radius 2 is 1.56 bits per heavy atom. The van der Waals surface area contributed by atoms with Crippen LogP contribution in [0.5, 0.6) is 11.5 Å². The van der Waals surface area contributed by atoms with Gasteiger partial charge in [0.2, 0.25) is 0 Å². The minimum atomic E-state index is -0.516. The van der Waals surface area contributed by atoms with Crippen LogP contribution in [0.2, 0.25) is 0 Å². The van der Waals surface area contributed by atoms with Crippen molar-refractivity contribution in [2.45, 2.75) is 45.3 Å². The zero-order chi connectivity index (χ0) is 23.0. The van der Waals surface area contributed by atoms with Crippen LogP contribution in [0, 0.1) is 0 Å². The standard InChI is InChI=1S/C25H32N2O5/c1-25(2,3)32-24(29)27-15-13-19(14-16-27)26-23(28)21-11-7-8-12-22(21)31-18-17-30-20-9-5-4-6-10-20/h4-12,19H,13-18H2,1-3H3,(H,26,28). The van der Waals surface area contributed by atoms with Crippen LogP contribution in [-0.2, 0) is 4.74 Å². The van der Waals surface area contributed by atoms with Gasteiger partial charge in [-0.2, -0.15) is 0 Å². The van der Waals surface area contributed by atoms with Gasteiger partial charge in [0.15, 0.2) is 0 Å². The number of piperidine rings is 1. The van der Waals surface area contributed by atoms with Gasteiger partial charge in [-0.05, 0) is 57.9 Å². The van der Waals surface area contributed by atoms with Crippen molar-refractivity contribution in [1.29, 1.82) is 0 Å². The Balaban J connectivity index is 1.47. The normalized spacial score (nSPS) is 14.5. The van der Waals surface area contributed by atoms with Crippen LogP contribution in [0.3, 0.4) is 0 Å². The summed E-state index contributed by atoms with van der Waals surface area (Å²) in [6.45, 7) is 7.36. The zero-order valence-corrected chi connectivity index (χ0v) is 19.0. The second-order valence-electron chi connectivity index (χ2n) is 8.72. The number of nitrogens with zero attached hydrogens (tertiary/aromatic N) is 1. The number of amides is 2. The fraction of sp³-hybridized carbons (Fsp3) is 0.440. The van der Waals surface area contributed by atoms with Crippen LogP contribution in [0.15, 0.2) is 54.6 Å². The van der Waals surface area contributed by atoms with E-state index in [1.165, 1.54) is 0 Å². The molecular weight excluding hydrogens is 408 g/mol. The molecule has 1 N–H and O–H groups in total. The lowest BCUT2D eigenvalue weighted by Gasteiger charge is -2.33. The monoisotopic (exact) mass is 440 g/mol. The third kappa shape index (κ3) is 7.18. The SMILES string of the molecule is CC(C)(C)OC(=O)N1CCC(NC(=O)c2ccccc2OCCOc2ccccc2)CC1. The predicted octanol–water partition coefficient (Wildman–Crippen LogP) is 4.27. The lowest BCUT2D eigenvalue weighted by atomic mass is 10.0. The van der Waals surface area contributed by atoms with Crippen molar-refractivity contribution in [2.24, 2.45) is 0 Å². The summed E-state index contributed by atoms with van der Waals surface area (Å²) in [7, 11) is 0.